The van der Waals surface area contributed by atoms with Crippen LogP contribution in [0, 0.1) is 6.92 Å². The van der Waals surface area contributed by atoms with Gasteiger partial charge in [0.1, 0.15) is 5.75 Å². The molecule has 1 rings (SSSR count). The van der Waals surface area contributed by atoms with Gasteiger partial charge >= 0.3 is 0 Å². The normalized spacial score (nSPS) is 9.58. The molecule has 0 spiro atoms. The van der Waals surface area contributed by atoms with E-state index < -0.39 is 0 Å². The number of nitrogens with one attached hydrogen (secondary N) is 1. The third kappa shape index (κ3) is 9.08. The van der Waals surface area contributed by atoms with Crippen LogP contribution in [0.5, 0.6) is 5.75 Å². The number of benzene rings is 1. The molecule has 4 nitrogen and oxygen atoms in total. The molecular formula is C15H26N2O2. The van der Waals surface area contributed by atoms with Gasteiger partial charge in [0, 0.05) is 13.1 Å². The van der Waals surface area contributed by atoms with E-state index >= 15 is 0 Å². The molecule has 4 heteroatoms. The number of rotatable bonds is 6. The van der Waals surface area contributed by atoms with Gasteiger partial charge in [0.15, 0.2) is 6.61 Å². The molecule has 0 unspecified atom stereocenters. The van der Waals surface area contributed by atoms with Crippen molar-refractivity contribution < 1.29 is 9.53 Å². The van der Waals surface area contributed by atoms with Crippen LogP contribution in [-0.2, 0) is 4.79 Å². The van der Waals surface area contributed by atoms with E-state index in [1.54, 1.807) is 0 Å². The van der Waals surface area contributed by atoms with E-state index in [-0.39, 0.29) is 12.5 Å². The van der Waals surface area contributed by atoms with Crippen molar-refractivity contribution in [3.05, 3.63) is 29.8 Å². The highest BCUT2D eigenvalue weighted by atomic mass is 16.5. The van der Waals surface area contributed by atoms with Crippen molar-refractivity contribution in [1.82, 2.24) is 10.2 Å². The van der Waals surface area contributed by atoms with Crippen molar-refractivity contribution >= 4 is 5.91 Å². The average molecular weight is 266 g/mol. The molecule has 0 aliphatic carbocycles. The molecule has 1 N–H and O–H groups in total. The summed E-state index contributed by atoms with van der Waals surface area (Å²) in [6.07, 6.45) is 0. The summed E-state index contributed by atoms with van der Waals surface area (Å²) in [5.74, 6) is 0.640. The molecule has 0 saturated heterocycles. The number of likely N-dealkylation sites (N-methyl/N-ethyl adjacent to an activating group) is 1. The van der Waals surface area contributed by atoms with Gasteiger partial charge in [-0.25, -0.2) is 0 Å². The summed E-state index contributed by atoms with van der Waals surface area (Å²) in [6, 6.07) is 7.66. The zero-order valence-electron chi connectivity index (χ0n) is 12.7. The Morgan fingerprint density at radius 3 is 2.58 bits per heavy atom. The first-order chi connectivity index (χ1) is 9.08. The molecule has 0 fully saturated rings. The summed E-state index contributed by atoms with van der Waals surface area (Å²) in [4.78, 5) is 13.4. The monoisotopic (exact) mass is 266 g/mol. The number of hydrogen-bond acceptors (Lipinski definition) is 3. The van der Waals surface area contributed by atoms with Gasteiger partial charge < -0.3 is 15.0 Å². The van der Waals surface area contributed by atoms with Crippen LogP contribution in [0.2, 0.25) is 0 Å². The minimum atomic E-state index is -0.0895. The van der Waals surface area contributed by atoms with Gasteiger partial charge in [0.2, 0.25) is 0 Å². The molecule has 0 atom stereocenters. The molecule has 0 heterocycles. The Labute approximate surface area is 116 Å². The molecule has 1 amide bonds. The van der Waals surface area contributed by atoms with Crippen LogP contribution in [0.1, 0.15) is 19.4 Å². The standard InChI is InChI=1S/C13H20N2O2.C2H6/c1-11-5-4-6-12(9-11)17-10-13(16)14-7-8-15(2)3;1-2/h4-6,9H,7-8,10H2,1-3H3,(H,14,16);1-2H3. The SMILES string of the molecule is CC.Cc1cccc(OCC(=O)NCCN(C)C)c1. The second-order valence-electron chi connectivity index (χ2n) is 4.26. The van der Waals surface area contributed by atoms with Crippen LogP contribution in [0.4, 0.5) is 0 Å². The van der Waals surface area contributed by atoms with Gasteiger partial charge in [-0.2, -0.15) is 0 Å². The fourth-order valence-corrected chi connectivity index (χ4v) is 1.32. The summed E-state index contributed by atoms with van der Waals surface area (Å²) < 4.78 is 5.38. The van der Waals surface area contributed by atoms with E-state index in [0.29, 0.717) is 6.54 Å². The zero-order valence-corrected chi connectivity index (χ0v) is 12.7. The summed E-state index contributed by atoms with van der Waals surface area (Å²) in [5, 5.41) is 2.79. The maximum atomic E-state index is 11.4. The maximum Gasteiger partial charge on any atom is 0.257 e. The quantitative estimate of drug-likeness (QED) is 0.857. The van der Waals surface area contributed by atoms with Gasteiger partial charge in [-0.05, 0) is 38.7 Å². The molecule has 0 saturated carbocycles. The fraction of sp³-hybridized carbons (Fsp3) is 0.533. The maximum absolute atomic E-state index is 11.4. The van der Waals surface area contributed by atoms with Crippen LogP contribution >= 0.6 is 0 Å². The molecule has 19 heavy (non-hydrogen) atoms. The Kier molecular flexibility index (Phi) is 9.53. The molecule has 0 aromatic heterocycles. The van der Waals surface area contributed by atoms with E-state index in [2.05, 4.69) is 5.32 Å². The Balaban J connectivity index is 0.00000154. The fourth-order valence-electron chi connectivity index (χ4n) is 1.32. The summed E-state index contributed by atoms with van der Waals surface area (Å²) in [6.45, 7) is 7.53. The lowest BCUT2D eigenvalue weighted by Crippen LogP contribution is -2.34. The highest BCUT2D eigenvalue weighted by Crippen LogP contribution is 2.11. The molecule has 1 aromatic rings. The minimum Gasteiger partial charge on any atom is -0.484 e. The Morgan fingerprint density at radius 2 is 2.00 bits per heavy atom. The lowest BCUT2D eigenvalue weighted by molar-refractivity contribution is -0.123. The third-order valence-corrected chi connectivity index (χ3v) is 2.24. The van der Waals surface area contributed by atoms with Crippen LogP contribution in [0.15, 0.2) is 24.3 Å². The lowest BCUT2D eigenvalue weighted by Gasteiger charge is -2.11. The topological polar surface area (TPSA) is 41.6 Å². The van der Waals surface area contributed by atoms with Gasteiger partial charge in [0.05, 0.1) is 0 Å². The number of hydrogen-bond donors (Lipinski definition) is 1. The number of nitrogens with zero attached hydrogens (tertiary/aromatic N) is 1. The van der Waals surface area contributed by atoms with Crippen LogP contribution in [0.3, 0.4) is 0 Å². The molecule has 0 radical (unpaired) electrons. The predicted octanol–water partition coefficient (Wildman–Crippen LogP) is 2.08. The lowest BCUT2D eigenvalue weighted by atomic mass is 10.2. The Hall–Kier alpha value is -1.55. The van der Waals surface area contributed by atoms with Crippen molar-refractivity contribution in [1.29, 1.82) is 0 Å². The van der Waals surface area contributed by atoms with E-state index in [0.717, 1.165) is 17.9 Å². The Bertz CT molecular complexity index is 365. The number of amides is 1. The van der Waals surface area contributed by atoms with Gasteiger partial charge in [-0.3, -0.25) is 4.79 Å². The summed E-state index contributed by atoms with van der Waals surface area (Å²) >= 11 is 0. The van der Waals surface area contributed by atoms with Crippen LogP contribution in [0.25, 0.3) is 0 Å². The van der Waals surface area contributed by atoms with Crippen molar-refractivity contribution in [3.8, 4) is 5.75 Å². The van der Waals surface area contributed by atoms with Crippen molar-refractivity contribution in [2.45, 2.75) is 20.8 Å². The zero-order chi connectivity index (χ0) is 14.7. The number of carbonyl (C=O) groups is 1. The largest absolute Gasteiger partial charge is 0.484 e. The van der Waals surface area contributed by atoms with E-state index in [1.165, 1.54) is 0 Å². The average Bonchev–Trinajstić information content (AvgIpc) is 2.38. The molecule has 1 aromatic carbocycles. The molecule has 0 aliphatic heterocycles. The first-order valence-corrected chi connectivity index (χ1v) is 6.69. The van der Waals surface area contributed by atoms with Crippen LogP contribution < -0.4 is 10.1 Å². The number of ether oxygens (including phenoxy) is 1. The number of carbonyl (C=O) groups excluding carboxylic acids is 1. The first kappa shape index (κ1) is 17.4. The molecule has 0 aliphatic rings. The summed E-state index contributed by atoms with van der Waals surface area (Å²) in [7, 11) is 3.94. The summed E-state index contributed by atoms with van der Waals surface area (Å²) in [5.41, 5.74) is 1.12. The minimum absolute atomic E-state index is 0.0664. The van der Waals surface area contributed by atoms with E-state index in [4.69, 9.17) is 4.74 Å². The molecule has 0 bridgehead atoms. The van der Waals surface area contributed by atoms with Gasteiger partial charge in [-0.1, -0.05) is 26.0 Å². The molecular weight excluding hydrogens is 240 g/mol. The van der Waals surface area contributed by atoms with Crippen molar-refractivity contribution in [2.24, 2.45) is 0 Å². The second kappa shape index (κ2) is 10.4. The predicted molar refractivity (Wildman–Crippen MR) is 79.6 cm³/mol. The first-order valence-electron chi connectivity index (χ1n) is 6.69. The smallest absolute Gasteiger partial charge is 0.257 e. The molecule has 108 valence electrons. The van der Waals surface area contributed by atoms with Gasteiger partial charge in [0.25, 0.3) is 5.91 Å². The van der Waals surface area contributed by atoms with Gasteiger partial charge in [-0.15, -0.1) is 0 Å². The van der Waals surface area contributed by atoms with E-state index in [1.807, 2.05) is 64.0 Å². The Morgan fingerprint density at radius 1 is 1.32 bits per heavy atom. The van der Waals surface area contributed by atoms with Crippen molar-refractivity contribution in [3.63, 3.8) is 0 Å². The highest BCUT2D eigenvalue weighted by Gasteiger charge is 2.02. The second-order valence-corrected chi connectivity index (χ2v) is 4.26. The number of aryl methyl sites for hydroxylation is 1. The van der Waals surface area contributed by atoms with Crippen LogP contribution in [-0.4, -0.2) is 44.6 Å². The van der Waals surface area contributed by atoms with Crippen molar-refractivity contribution in [2.75, 3.05) is 33.8 Å². The van der Waals surface area contributed by atoms with E-state index in [9.17, 15) is 4.79 Å². The third-order valence-electron chi connectivity index (χ3n) is 2.24. The highest BCUT2D eigenvalue weighted by molar-refractivity contribution is 5.77.